The number of benzene rings is 1. The molecule has 6 heteroatoms. The molecular weight excluding hydrogens is 321 g/mol. The van der Waals surface area contributed by atoms with E-state index >= 15 is 0 Å². The number of amides is 1. The van der Waals surface area contributed by atoms with E-state index in [0.29, 0.717) is 16.5 Å². The van der Waals surface area contributed by atoms with Crippen LogP contribution >= 0.6 is 0 Å². The van der Waals surface area contributed by atoms with Gasteiger partial charge < -0.3 is 15.4 Å². The lowest BCUT2D eigenvalue weighted by Crippen LogP contribution is -2.25. The first-order valence-corrected chi connectivity index (χ1v) is 8.12. The number of rotatable bonds is 5. The van der Waals surface area contributed by atoms with Gasteiger partial charge in [-0.2, -0.15) is 0 Å². The van der Waals surface area contributed by atoms with Crippen LogP contribution in [0, 0.1) is 11.7 Å². The number of aliphatic hydroxyl groups excluding tert-OH is 1. The molecule has 1 saturated carbocycles. The Balaban J connectivity index is 1.60. The first-order chi connectivity index (χ1) is 12.0. The summed E-state index contributed by atoms with van der Waals surface area (Å²) in [6.45, 7) is 5.79. The van der Waals surface area contributed by atoms with Crippen molar-refractivity contribution in [3.63, 3.8) is 0 Å². The lowest BCUT2D eigenvalue weighted by atomic mass is 10.1. The minimum atomic E-state index is -0.282. The topological polar surface area (TPSA) is 78.0 Å². The maximum Gasteiger partial charge on any atom is 0.224 e. The number of nitrogens with zero attached hydrogens (tertiary/aromatic N) is 1. The predicted octanol–water partition coefficient (Wildman–Crippen LogP) is 1.62. The van der Waals surface area contributed by atoms with Gasteiger partial charge in [-0.25, -0.2) is 9.37 Å². The van der Waals surface area contributed by atoms with Crippen molar-refractivity contribution in [3.8, 4) is 0 Å². The van der Waals surface area contributed by atoms with E-state index in [2.05, 4.69) is 21.9 Å². The molecule has 1 aromatic carbocycles. The summed E-state index contributed by atoms with van der Waals surface area (Å²) < 4.78 is 13.3. The number of allylic oxidation sites excluding steroid dienone is 2. The molecule has 2 atom stereocenters. The summed E-state index contributed by atoms with van der Waals surface area (Å²) in [7, 11) is 0. The normalized spacial score (nSPS) is 20.6. The Labute approximate surface area is 144 Å². The number of carbonyl (C=O) groups excluding carboxylic acids is 1. The Kier molecular flexibility index (Phi) is 4.70. The molecular formula is C19H20FN3O2. The fourth-order valence-corrected chi connectivity index (χ4v) is 2.80. The molecule has 0 radical (unpaired) electrons. The van der Waals surface area contributed by atoms with Crippen LogP contribution in [0.5, 0.6) is 0 Å². The largest absolute Gasteiger partial charge is 0.508 e. The van der Waals surface area contributed by atoms with Crippen molar-refractivity contribution in [1.82, 2.24) is 15.3 Å². The minimum Gasteiger partial charge on any atom is -0.508 e. The number of aromatic nitrogens is 2. The molecule has 0 bridgehead atoms. The highest BCUT2D eigenvalue weighted by molar-refractivity contribution is 5.82. The van der Waals surface area contributed by atoms with E-state index < -0.39 is 0 Å². The van der Waals surface area contributed by atoms with E-state index in [-0.39, 0.29) is 35.9 Å². The van der Waals surface area contributed by atoms with E-state index in [1.54, 1.807) is 19.1 Å². The highest BCUT2D eigenvalue weighted by Crippen LogP contribution is 2.47. The molecule has 2 aromatic rings. The Hall–Kier alpha value is -2.89. The van der Waals surface area contributed by atoms with Gasteiger partial charge in [-0.3, -0.25) is 4.79 Å². The van der Waals surface area contributed by atoms with Crippen molar-refractivity contribution >= 4 is 18.6 Å². The number of hydrogen-bond acceptors (Lipinski definition) is 3. The summed E-state index contributed by atoms with van der Waals surface area (Å²) >= 11 is 0. The number of nitrogens with one attached hydrogen (secondary N) is 2. The van der Waals surface area contributed by atoms with Crippen molar-refractivity contribution in [1.29, 1.82) is 0 Å². The zero-order valence-corrected chi connectivity index (χ0v) is 13.9. The van der Waals surface area contributed by atoms with Gasteiger partial charge in [0.2, 0.25) is 5.91 Å². The van der Waals surface area contributed by atoms with Gasteiger partial charge in [-0.15, -0.1) is 0 Å². The quantitative estimate of drug-likeness (QED) is 0.723. The van der Waals surface area contributed by atoms with Crippen LogP contribution in [0.25, 0.3) is 12.7 Å². The van der Waals surface area contributed by atoms with Crippen molar-refractivity contribution in [3.05, 3.63) is 64.0 Å². The number of carbonyl (C=O) groups is 1. The molecule has 1 heterocycles. The van der Waals surface area contributed by atoms with Crippen molar-refractivity contribution < 1.29 is 14.3 Å². The smallest absolute Gasteiger partial charge is 0.224 e. The Morgan fingerprint density at radius 2 is 2.36 bits per heavy atom. The second-order valence-corrected chi connectivity index (χ2v) is 6.13. The maximum atomic E-state index is 13.3. The molecule has 0 saturated heterocycles. The predicted molar refractivity (Wildman–Crippen MR) is 93.3 cm³/mol. The first-order valence-electron chi connectivity index (χ1n) is 8.12. The molecule has 25 heavy (non-hydrogen) atoms. The lowest BCUT2D eigenvalue weighted by Gasteiger charge is -2.03. The number of imidazole rings is 1. The van der Waals surface area contributed by atoms with E-state index in [0.717, 1.165) is 12.0 Å². The molecule has 1 aromatic heterocycles. The average Bonchev–Trinajstić information content (AvgIpc) is 3.32. The van der Waals surface area contributed by atoms with E-state index in [9.17, 15) is 14.3 Å². The first kappa shape index (κ1) is 17.0. The second kappa shape index (κ2) is 6.93. The number of aliphatic hydroxyl groups is 1. The molecule has 1 aliphatic rings. The molecule has 2 unspecified atom stereocenters. The summed E-state index contributed by atoms with van der Waals surface area (Å²) in [5, 5.41) is 13.5. The van der Waals surface area contributed by atoms with Crippen LogP contribution in [-0.4, -0.2) is 21.0 Å². The molecule has 3 N–H and O–H groups in total. The summed E-state index contributed by atoms with van der Waals surface area (Å²) in [5.74, 6) is 0.257. The fraction of sp³-hybridized carbons (Fsp3) is 0.263. The van der Waals surface area contributed by atoms with Crippen molar-refractivity contribution in [2.45, 2.75) is 25.8 Å². The van der Waals surface area contributed by atoms with Gasteiger partial charge in [0.05, 0.1) is 17.2 Å². The zero-order valence-electron chi connectivity index (χ0n) is 13.9. The summed E-state index contributed by atoms with van der Waals surface area (Å²) in [4.78, 5) is 19.5. The van der Waals surface area contributed by atoms with Crippen LogP contribution in [0.4, 0.5) is 4.39 Å². The minimum absolute atomic E-state index is 0.0712. The molecule has 0 aliphatic heterocycles. The molecule has 5 nitrogen and oxygen atoms in total. The van der Waals surface area contributed by atoms with Crippen LogP contribution < -0.4 is 16.0 Å². The lowest BCUT2D eigenvalue weighted by molar-refractivity contribution is -0.122. The van der Waals surface area contributed by atoms with Gasteiger partial charge in [0.15, 0.2) is 0 Å². The number of aromatic amines is 1. The third-order valence-electron chi connectivity index (χ3n) is 4.27. The second-order valence-electron chi connectivity index (χ2n) is 6.13. The number of halogens is 1. The number of hydrogen-bond donors (Lipinski definition) is 3. The van der Waals surface area contributed by atoms with Crippen molar-refractivity contribution in [2.75, 3.05) is 0 Å². The molecule has 1 aliphatic carbocycles. The fourth-order valence-electron chi connectivity index (χ4n) is 2.80. The van der Waals surface area contributed by atoms with Gasteiger partial charge in [0.25, 0.3) is 0 Å². The molecule has 1 amide bonds. The van der Waals surface area contributed by atoms with Gasteiger partial charge >= 0.3 is 0 Å². The third kappa shape index (κ3) is 3.96. The average molecular weight is 341 g/mol. The van der Waals surface area contributed by atoms with E-state index in [1.165, 1.54) is 18.2 Å². The van der Waals surface area contributed by atoms with Gasteiger partial charge in [-0.05, 0) is 43.0 Å². The van der Waals surface area contributed by atoms with Crippen LogP contribution in [0.3, 0.4) is 0 Å². The third-order valence-corrected chi connectivity index (χ3v) is 4.27. The molecule has 3 rings (SSSR count). The van der Waals surface area contributed by atoms with Gasteiger partial charge in [0.1, 0.15) is 17.4 Å². The Morgan fingerprint density at radius 1 is 1.56 bits per heavy atom. The summed E-state index contributed by atoms with van der Waals surface area (Å²) in [6, 6.07) is 6.39. The monoisotopic (exact) mass is 341 g/mol. The van der Waals surface area contributed by atoms with Gasteiger partial charge in [0, 0.05) is 12.0 Å². The SMILES string of the molecule is C=c1[nH]c(CNC(=O)C2CC2c2cccc(F)c2)n/c1=C/C(O)=C\C. The van der Waals surface area contributed by atoms with Gasteiger partial charge in [-0.1, -0.05) is 18.7 Å². The summed E-state index contributed by atoms with van der Waals surface area (Å²) in [5.41, 5.74) is 0.858. The Bertz CT molecular complexity index is 932. The van der Waals surface area contributed by atoms with Crippen LogP contribution in [0.15, 0.2) is 36.1 Å². The standard InChI is InChI=1S/C19H20FN3O2/c1-3-14(24)8-17-11(2)22-18(23-17)10-21-19(25)16-9-15(16)12-5-4-6-13(20)7-12/h3-8,15-16,24H,2,9-10H2,1H3,(H,21,25)(H,22,23)/b14-3+,17-8+. The van der Waals surface area contributed by atoms with Crippen molar-refractivity contribution in [2.24, 2.45) is 5.92 Å². The highest BCUT2D eigenvalue weighted by atomic mass is 19.1. The molecule has 0 spiro atoms. The molecule has 1 fully saturated rings. The Morgan fingerprint density at radius 3 is 3.08 bits per heavy atom. The maximum absolute atomic E-state index is 13.3. The molecule has 130 valence electrons. The summed E-state index contributed by atoms with van der Waals surface area (Å²) in [6.07, 6.45) is 3.78. The van der Waals surface area contributed by atoms with Crippen LogP contribution in [-0.2, 0) is 11.3 Å². The van der Waals surface area contributed by atoms with E-state index in [1.807, 2.05) is 6.07 Å². The van der Waals surface area contributed by atoms with Crippen LogP contribution in [0.2, 0.25) is 0 Å². The zero-order chi connectivity index (χ0) is 18.0. The van der Waals surface area contributed by atoms with E-state index in [4.69, 9.17) is 0 Å². The highest BCUT2D eigenvalue weighted by Gasteiger charge is 2.43. The van der Waals surface area contributed by atoms with Crippen LogP contribution in [0.1, 0.15) is 30.7 Å². The number of H-pyrrole nitrogens is 1.